The van der Waals surface area contributed by atoms with Crippen molar-refractivity contribution in [3.63, 3.8) is 0 Å². The molecule has 0 heterocycles. The van der Waals surface area contributed by atoms with Gasteiger partial charge in [-0.1, -0.05) is 153 Å². The highest BCUT2D eigenvalue weighted by Crippen LogP contribution is 2.41. The highest BCUT2D eigenvalue weighted by Gasteiger charge is 2.22. The summed E-state index contributed by atoms with van der Waals surface area (Å²) < 4.78 is 0. The average Bonchev–Trinajstić information content (AvgIpc) is 3.05. The second-order valence-corrected chi connectivity index (χ2v) is 11.8. The van der Waals surface area contributed by atoms with Crippen LogP contribution in [0.2, 0.25) is 0 Å². The number of hydrogen-bond donors (Lipinski definition) is 2. The smallest absolute Gasteiger partial charge is 0.122 e. The summed E-state index contributed by atoms with van der Waals surface area (Å²) in [5, 5.41) is 23.6. The Morgan fingerprint density at radius 3 is 1.00 bits per heavy atom. The van der Waals surface area contributed by atoms with E-state index in [0.717, 1.165) is 57.3 Å². The van der Waals surface area contributed by atoms with Gasteiger partial charge in [-0.15, -0.1) is 0 Å². The lowest BCUT2D eigenvalue weighted by molar-refractivity contribution is 0.450. The normalized spacial score (nSPS) is 11.1. The molecule has 2 nitrogen and oxygen atoms in total. The van der Waals surface area contributed by atoms with Crippen LogP contribution in [0.5, 0.6) is 11.5 Å². The maximum absolute atomic E-state index is 11.8. The minimum absolute atomic E-state index is 0.231. The van der Waals surface area contributed by atoms with E-state index in [1.54, 1.807) is 0 Å². The zero-order valence-electron chi connectivity index (χ0n) is 25.2. The van der Waals surface area contributed by atoms with Crippen LogP contribution < -0.4 is 0 Å². The minimum Gasteiger partial charge on any atom is -0.507 e. The third kappa shape index (κ3) is 6.93. The van der Waals surface area contributed by atoms with Crippen LogP contribution in [0.15, 0.2) is 146 Å². The van der Waals surface area contributed by atoms with Gasteiger partial charge in [-0.25, -0.2) is 0 Å². The van der Waals surface area contributed by atoms with Crippen molar-refractivity contribution in [2.24, 2.45) is 0 Å². The monoisotopic (exact) mass is 574 g/mol. The number of phenolic OH excluding ortho intramolecular Hbond substituents is 2. The molecular formula is C42H38O2. The summed E-state index contributed by atoms with van der Waals surface area (Å²) in [6.07, 6.45) is 2.80. The van der Waals surface area contributed by atoms with Gasteiger partial charge in [0, 0.05) is 29.9 Å². The molecule has 2 N–H and O–H groups in total. The fourth-order valence-electron chi connectivity index (χ4n) is 6.17. The van der Waals surface area contributed by atoms with Gasteiger partial charge in [0.15, 0.2) is 0 Å². The van der Waals surface area contributed by atoms with Crippen molar-refractivity contribution in [1.82, 2.24) is 0 Å². The molecular weight excluding hydrogens is 536 g/mol. The van der Waals surface area contributed by atoms with E-state index < -0.39 is 0 Å². The second-order valence-electron chi connectivity index (χ2n) is 11.8. The minimum atomic E-state index is -0.231. The SMILES string of the molecule is CC(c1cc(Cc2ccccc2)cc(Cc2ccccc2)c1O)c1cc(Cc2ccccc2)cc(Cc2ccccc2)c1O. The predicted molar refractivity (Wildman–Crippen MR) is 181 cm³/mol. The lowest BCUT2D eigenvalue weighted by Crippen LogP contribution is -2.05. The van der Waals surface area contributed by atoms with E-state index >= 15 is 0 Å². The Labute approximate surface area is 260 Å². The first-order valence-electron chi connectivity index (χ1n) is 15.4. The van der Waals surface area contributed by atoms with E-state index in [2.05, 4.69) is 104 Å². The Morgan fingerprint density at radius 2 is 0.682 bits per heavy atom. The van der Waals surface area contributed by atoms with Gasteiger partial charge >= 0.3 is 0 Å². The van der Waals surface area contributed by atoms with Gasteiger partial charge < -0.3 is 10.2 Å². The molecule has 0 aliphatic heterocycles. The zero-order chi connectivity index (χ0) is 30.3. The van der Waals surface area contributed by atoms with Gasteiger partial charge in [0.2, 0.25) is 0 Å². The van der Waals surface area contributed by atoms with Gasteiger partial charge in [0.25, 0.3) is 0 Å². The molecule has 218 valence electrons. The summed E-state index contributed by atoms with van der Waals surface area (Å²) in [6.45, 7) is 2.10. The van der Waals surface area contributed by atoms with Crippen LogP contribution in [0, 0.1) is 0 Å². The highest BCUT2D eigenvalue weighted by molar-refractivity contribution is 5.56. The summed E-state index contributed by atoms with van der Waals surface area (Å²) >= 11 is 0. The number of hydrogen-bond acceptors (Lipinski definition) is 2. The molecule has 44 heavy (non-hydrogen) atoms. The van der Waals surface area contributed by atoms with Gasteiger partial charge in [-0.2, -0.15) is 0 Å². The van der Waals surface area contributed by atoms with Crippen molar-refractivity contribution in [3.05, 3.63) is 201 Å². The summed E-state index contributed by atoms with van der Waals surface area (Å²) in [5.74, 6) is 0.372. The molecule has 6 aromatic carbocycles. The summed E-state index contributed by atoms with van der Waals surface area (Å²) in [5.41, 5.74) is 10.5. The molecule has 0 aliphatic carbocycles. The third-order valence-corrected chi connectivity index (χ3v) is 8.47. The standard InChI is InChI=1S/C42H38O2/c1-30(39-28-35(22-31-14-6-2-7-15-31)26-37(41(39)43)24-33-18-10-4-11-19-33)40-29-36(23-32-16-8-3-9-17-32)27-38(42(40)44)25-34-20-12-5-13-21-34/h2-21,26-30,43-44H,22-25H2,1H3. The number of phenols is 2. The molecule has 6 rings (SSSR count). The van der Waals surface area contributed by atoms with Gasteiger partial charge in [0.05, 0.1) is 0 Å². The number of rotatable bonds is 10. The van der Waals surface area contributed by atoms with E-state index in [1.807, 2.05) is 48.5 Å². The quantitative estimate of drug-likeness (QED) is 0.171. The summed E-state index contributed by atoms with van der Waals surface area (Å²) in [6, 6.07) is 50.0. The van der Waals surface area contributed by atoms with Crippen LogP contribution >= 0.6 is 0 Å². The van der Waals surface area contributed by atoms with Crippen molar-refractivity contribution in [3.8, 4) is 11.5 Å². The Balaban J connectivity index is 1.44. The molecule has 0 aromatic heterocycles. The van der Waals surface area contributed by atoms with Gasteiger partial charge in [-0.05, 0) is 57.3 Å². The van der Waals surface area contributed by atoms with Crippen LogP contribution in [-0.2, 0) is 25.7 Å². The van der Waals surface area contributed by atoms with E-state index in [9.17, 15) is 10.2 Å². The van der Waals surface area contributed by atoms with Crippen molar-refractivity contribution in [1.29, 1.82) is 0 Å². The van der Waals surface area contributed by atoms with Crippen molar-refractivity contribution < 1.29 is 10.2 Å². The van der Waals surface area contributed by atoms with E-state index in [1.165, 1.54) is 11.1 Å². The summed E-state index contributed by atoms with van der Waals surface area (Å²) in [4.78, 5) is 0. The molecule has 0 aliphatic rings. The highest BCUT2D eigenvalue weighted by atomic mass is 16.3. The van der Waals surface area contributed by atoms with Crippen LogP contribution in [0.1, 0.15) is 68.5 Å². The Kier molecular flexibility index (Phi) is 8.89. The van der Waals surface area contributed by atoms with Crippen molar-refractivity contribution in [2.45, 2.75) is 38.5 Å². The first-order chi connectivity index (χ1) is 21.5. The number of aromatic hydroxyl groups is 2. The maximum atomic E-state index is 11.8. The van der Waals surface area contributed by atoms with Crippen LogP contribution in [0.25, 0.3) is 0 Å². The molecule has 0 saturated heterocycles. The van der Waals surface area contributed by atoms with Gasteiger partial charge in [-0.3, -0.25) is 0 Å². The summed E-state index contributed by atoms with van der Waals surface area (Å²) in [7, 11) is 0. The topological polar surface area (TPSA) is 40.5 Å². The molecule has 0 spiro atoms. The van der Waals surface area contributed by atoms with E-state index in [0.29, 0.717) is 24.3 Å². The van der Waals surface area contributed by atoms with E-state index in [-0.39, 0.29) is 5.92 Å². The first-order valence-corrected chi connectivity index (χ1v) is 15.4. The molecule has 0 atom stereocenters. The van der Waals surface area contributed by atoms with Crippen molar-refractivity contribution >= 4 is 0 Å². The van der Waals surface area contributed by atoms with Crippen LogP contribution in [-0.4, -0.2) is 10.2 Å². The molecule has 0 saturated carbocycles. The largest absolute Gasteiger partial charge is 0.507 e. The first kappa shape index (κ1) is 29.0. The zero-order valence-corrected chi connectivity index (χ0v) is 25.2. The molecule has 0 bridgehead atoms. The van der Waals surface area contributed by atoms with Crippen molar-refractivity contribution in [2.75, 3.05) is 0 Å². The third-order valence-electron chi connectivity index (χ3n) is 8.47. The molecule has 6 aromatic rings. The van der Waals surface area contributed by atoms with Gasteiger partial charge in [0.1, 0.15) is 11.5 Å². The van der Waals surface area contributed by atoms with Crippen LogP contribution in [0.4, 0.5) is 0 Å². The maximum Gasteiger partial charge on any atom is 0.122 e. The fourth-order valence-corrected chi connectivity index (χ4v) is 6.17. The lowest BCUT2D eigenvalue weighted by atomic mass is 9.84. The average molecular weight is 575 g/mol. The molecule has 0 fully saturated rings. The number of benzene rings is 6. The van der Waals surface area contributed by atoms with Crippen LogP contribution in [0.3, 0.4) is 0 Å². The molecule has 0 unspecified atom stereocenters. The fraction of sp³-hybridized carbons (Fsp3) is 0.143. The van der Waals surface area contributed by atoms with E-state index in [4.69, 9.17) is 0 Å². The molecule has 0 radical (unpaired) electrons. The Bertz CT molecular complexity index is 1670. The predicted octanol–water partition coefficient (Wildman–Crippen LogP) is 9.61. The molecule has 2 heteroatoms. The second kappa shape index (κ2) is 13.5. The molecule has 0 amide bonds. The Morgan fingerprint density at radius 1 is 0.386 bits per heavy atom. The lowest BCUT2D eigenvalue weighted by Gasteiger charge is -2.22. The Hall–Kier alpha value is -5.08.